The van der Waals surface area contributed by atoms with Crippen LogP contribution in [0.4, 0.5) is 0 Å². The summed E-state index contributed by atoms with van der Waals surface area (Å²) in [5.74, 6) is 0.174. The van der Waals surface area contributed by atoms with Gasteiger partial charge in [-0.05, 0) is 6.92 Å². The molecule has 0 aromatic heterocycles. The summed E-state index contributed by atoms with van der Waals surface area (Å²) in [6, 6.07) is 0. The van der Waals surface area contributed by atoms with E-state index in [-0.39, 0.29) is 5.84 Å². The zero-order valence-electron chi connectivity index (χ0n) is 5.52. The third kappa shape index (κ3) is 2.59. The fourth-order valence-corrected chi connectivity index (χ4v) is 0.309. The summed E-state index contributed by atoms with van der Waals surface area (Å²) in [6.45, 7) is 8.74. The summed E-state index contributed by atoms with van der Waals surface area (Å²) in [6.07, 6.45) is 3.06. The molecular formula is C7H10N2. The van der Waals surface area contributed by atoms with Crippen LogP contribution in [-0.4, -0.2) is 12.1 Å². The summed E-state index contributed by atoms with van der Waals surface area (Å²) in [4.78, 5) is 3.68. The van der Waals surface area contributed by atoms with Gasteiger partial charge in [0.2, 0.25) is 0 Å². The summed E-state index contributed by atoms with van der Waals surface area (Å²) < 4.78 is 0. The maximum Gasteiger partial charge on any atom is 0.150 e. The van der Waals surface area contributed by atoms with Crippen LogP contribution < -0.4 is 0 Å². The van der Waals surface area contributed by atoms with E-state index < -0.39 is 0 Å². The molecule has 2 nitrogen and oxygen atoms in total. The molecule has 48 valence electrons. The molecule has 0 aromatic carbocycles. The Morgan fingerprint density at radius 1 is 1.67 bits per heavy atom. The topological polar surface area (TPSA) is 36.2 Å². The van der Waals surface area contributed by atoms with Crippen molar-refractivity contribution in [3.8, 4) is 0 Å². The standard InChI is InChI=1S/C7H10N2/c1-4-6(3)7(8)9-5-2/h4-5,8H,1,3H2,2H3. The summed E-state index contributed by atoms with van der Waals surface area (Å²) in [5, 5.41) is 7.13. The Hall–Kier alpha value is -1.18. The van der Waals surface area contributed by atoms with Gasteiger partial charge in [-0.2, -0.15) is 0 Å². The monoisotopic (exact) mass is 122 g/mol. The van der Waals surface area contributed by atoms with Crippen LogP contribution in [0.3, 0.4) is 0 Å². The molecule has 0 radical (unpaired) electrons. The Kier molecular flexibility index (Phi) is 3.28. The predicted octanol–water partition coefficient (Wildman–Crippen LogP) is 1.80. The zero-order valence-corrected chi connectivity index (χ0v) is 5.52. The molecule has 0 fully saturated rings. The van der Waals surface area contributed by atoms with Crippen molar-refractivity contribution < 1.29 is 0 Å². The molecule has 0 unspecified atom stereocenters. The van der Waals surface area contributed by atoms with Gasteiger partial charge < -0.3 is 0 Å². The largest absolute Gasteiger partial charge is 0.282 e. The number of hydrogen-bond donors (Lipinski definition) is 1. The van der Waals surface area contributed by atoms with Crippen LogP contribution in [0.5, 0.6) is 0 Å². The van der Waals surface area contributed by atoms with E-state index >= 15 is 0 Å². The Bertz CT molecular complexity index is 166. The van der Waals surface area contributed by atoms with Gasteiger partial charge in [0.05, 0.1) is 0 Å². The molecular weight excluding hydrogens is 112 g/mol. The van der Waals surface area contributed by atoms with E-state index in [1.807, 2.05) is 0 Å². The predicted molar refractivity (Wildman–Crippen MR) is 41.2 cm³/mol. The second kappa shape index (κ2) is 3.78. The first-order valence-electron chi connectivity index (χ1n) is 2.61. The van der Waals surface area contributed by atoms with Crippen molar-refractivity contribution >= 4 is 12.1 Å². The lowest BCUT2D eigenvalue weighted by Gasteiger charge is -1.91. The quantitative estimate of drug-likeness (QED) is 0.329. The van der Waals surface area contributed by atoms with Crippen molar-refractivity contribution in [2.45, 2.75) is 6.92 Å². The first-order chi connectivity index (χ1) is 4.22. The van der Waals surface area contributed by atoms with Crippen LogP contribution >= 0.6 is 0 Å². The Morgan fingerprint density at radius 3 is 2.56 bits per heavy atom. The van der Waals surface area contributed by atoms with Gasteiger partial charge in [-0.1, -0.05) is 19.2 Å². The minimum atomic E-state index is 0.174. The second-order valence-electron chi connectivity index (χ2n) is 1.47. The lowest BCUT2D eigenvalue weighted by Crippen LogP contribution is -1.91. The van der Waals surface area contributed by atoms with Crippen LogP contribution in [0.1, 0.15) is 6.92 Å². The molecule has 0 aromatic rings. The van der Waals surface area contributed by atoms with Crippen molar-refractivity contribution in [1.82, 2.24) is 0 Å². The third-order valence-electron chi connectivity index (χ3n) is 0.809. The number of amidine groups is 1. The van der Waals surface area contributed by atoms with E-state index in [0.29, 0.717) is 5.57 Å². The van der Waals surface area contributed by atoms with Gasteiger partial charge in [0.15, 0.2) is 5.84 Å². The van der Waals surface area contributed by atoms with Crippen molar-refractivity contribution in [2.75, 3.05) is 0 Å². The Morgan fingerprint density at radius 2 is 2.22 bits per heavy atom. The summed E-state index contributed by atoms with van der Waals surface area (Å²) in [7, 11) is 0. The molecule has 1 N–H and O–H groups in total. The first kappa shape index (κ1) is 7.82. The molecule has 0 aliphatic heterocycles. The molecule has 0 aliphatic carbocycles. The van der Waals surface area contributed by atoms with E-state index in [9.17, 15) is 0 Å². The highest BCUT2D eigenvalue weighted by Crippen LogP contribution is 1.93. The highest BCUT2D eigenvalue weighted by molar-refractivity contribution is 6.01. The van der Waals surface area contributed by atoms with Crippen LogP contribution in [0, 0.1) is 5.41 Å². The van der Waals surface area contributed by atoms with E-state index in [2.05, 4.69) is 18.2 Å². The molecule has 0 rings (SSSR count). The molecule has 0 amide bonds. The molecule has 0 aliphatic rings. The normalized spacial score (nSPS) is 9.44. The highest BCUT2D eigenvalue weighted by atomic mass is 14.8. The lowest BCUT2D eigenvalue weighted by molar-refractivity contribution is 1.44. The van der Waals surface area contributed by atoms with Crippen LogP contribution in [0.15, 0.2) is 29.8 Å². The van der Waals surface area contributed by atoms with Gasteiger partial charge in [0.25, 0.3) is 0 Å². The third-order valence-corrected chi connectivity index (χ3v) is 0.809. The highest BCUT2D eigenvalue weighted by Gasteiger charge is 1.90. The molecule has 2 heteroatoms. The van der Waals surface area contributed by atoms with Gasteiger partial charge in [-0.3, -0.25) is 5.41 Å². The number of nitrogens with one attached hydrogen (secondary N) is 1. The van der Waals surface area contributed by atoms with E-state index in [1.165, 1.54) is 6.08 Å². The summed E-state index contributed by atoms with van der Waals surface area (Å²) in [5.41, 5.74) is 0.549. The fourth-order valence-electron chi connectivity index (χ4n) is 0.309. The fraction of sp³-hybridized carbons (Fsp3) is 0.143. The second-order valence-corrected chi connectivity index (χ2v) is 1.47. The van der Waals surface area contributed by atoms with E-state index in [4.69, 9.17) is 5.41 Å². The number of nitrogens with zero attached hydrogens (tertiary/aromatic N) is 1. The summed E-state index contributed by atoms with van der Waals surface area (Å²) >= 11 is 0. The Balaban J connectivity index is 4.04. The molecule has 9 heavy (non-hydrogen) atoms. The molecule has 0 bridgehead atoms. The van der Waals surface area contributed by atoms with Crippen molar-refractivity contribution in [3.05, 3.63) is 24.8 Å². The van der Waals surface area contributed by atoms with Crippen LogP contribution in [0.2, 0.25) is 0 Å². The van der Waals surface area contributed by atoms with Gasteiger partial charge in [-0.25, -0.2) is 4.99 Å². The van der Waals surface area contributed by atoms with Crippen LogP contribution in [0.25, 0.3) is 0 Å². The minimum absolute atomic E-state index is 0.174. The van der Waals surface area contributed by atoms with Crippen LogP contribution in [-0.2, 0) is 0 Å². The van der Waals surface area contributed by atoms with Gasteiger partial charge in [0.1, 0.15) is 0 Å². The first-order valence-corrected chi connectivity index (χ1v) is 2.61. The van der Waals surface area contributed by atoms with E-state index in [0.717, 1.165) is 0 Å². The van der Waals surface area contributed by atoms with Crippen molar-refractivity contribution in [3.63, 3.8) is 0 Å². The Labute approximate surface area is 55.1 Å². The van der Waals surface area contributed by atoms with Gasteiger partial charge in [-0.15, -0.1) is 0 Å². The molecule has 0 saturated carbocycles. The van der Waals surface area contributed by atoms with Gasteiger partial charge in [0, 0.05) is 11.8 Å². The number of rotatable bonds is 2. The smallest absolute Gasteiger partial charge is 0.150 e. The van der Waals surface area contributed by atoms with Crippen molar-refractivity contribution in [1.29, 1.82) is 5.41 Å². The number of aliphatic imine (C=N–C) groups is 1. The SMILES string of the molecule is C=CC(=C)C(=N)N=CC. The molecule has 0 spiro atoms. The lowest BCUT2D eigenvalue weighted by atomic mass is 10.3. The van der Waals surface area contributed by atoms with Crippen molar-refractivity contribution in [2.24, 2.45) is 4.99 Å². The minimum Gasteiger partial charge on any atom is -0.282 e. The zero-order chi connectivity index (χ0) is 7.28. The maximum atomic E-state index is 7.13. The average Bonchev–Trinajstić information content (AvgIpc) is 1.87. The maximum absolute atomic E-state index is 7.13. The molecule has 0 heterocycles. The average molecular weight is 122 g/mol. The molecule has 0 atom stereocenters. The van der Waals surface area contributed by atoms with Gasteiger partial charge >= 0.3 is 0 Å². The molecule has 0 saturated heterocycles. The number of hydrogen-bond acceptors (Lipinski definition) is 1. The van der Waals surface area contributed by atoms with E-state index in [1.54, 1.807) is 13.1 Å².